The van der Waals surface area contributed by atoms with Crippen molar-refractivity contribution >= 4 is 22.5 Å². The molecule has 5 aromatic rings. The fourth-order valence-electron chi connectivity index (χ4n) is 3.92. The Labute approximate surface area is 185 Å². The van der Waals surface area contributed by atoms with Gasteiger partial charge in [-0.2, -0.15) is 4.52 Å². The van der Waals surface area contributed by atoms with Gasteiger partial charge in [0.15, 0.2) is 5.65 Å². The largest absolute Gasteiger partial charge is 0.330 e. The summed E-state index contributed by atoms with van der Waals surface area (Å²) in [5.74, 6) is -0.0900. The number of tetrazole rings is 1. The van der Waals surface area contributed by atoms with Crippen molar-refractivity contribution in [2.45, 2.75) is 26.9 Å². The van der Waals surface area contributed by atoms with E-state index < -0.39 is 0 Å². The molecule has 7 nitrogen and oxygen atoms in total. The molecule has 0 aliphatic heterocycles. The summed E-state index contributed by atoms with van der Waals surface area (Å²) in [5.41, 5.74) is 6.46. The van der Waals surface area contributed by atoms with E-state index >= 15 is 0 Å². The van der Waals surface area contributed by atoms with Gasteiger partial charge in [-0.1, -0.05) is 30.3 Å². The lowest BCUT2D eigenvalue weighted by Gasteiger charge is -2.23. The molecule has 0 saturated heterocycles. The van der Waals surface area contributed by atoms with E-state index in [-0.39, 0.29) is 5.91 Å². The molecule has 0 aliphatic rings. The first-order chi connectivity index (χ1) is 15.6. The van der Waals surface area contributed by atoms with Gasteiger partial charge >= 0.3 is 0 Å². The first-order valence-electron chi connectivity index (χ1n) is 10.4. The molecular formula is C25H22N6O. The second kappa shape index (κ2) is 8.19. The minimum absolute atomic E-state index is 0.0900. The summed E-state index contributed by atoms with van der Waals surface area (Å²) >= 11 is 0. The van der Waals surface area contributed by atoms with E-state index in [1.807, 2.05) is 35.2 Å². The number of fused-ring (bicyclic) bond motifs is 3. The van der Waals surface area contributed by atoms with Crippen LogP contribution in [0.15, 0.2) is 73.1 Å². The van der Waals surface area contributed by atoms with Gasteiger partial charge in [-0.3, -0.25) is 9.78 Å². The van der Waals surface area contributed by atoms with E-state index in [0.717, 1.165) is 22.0 Å². The molecule has 158 valence electrons. The molecule has 2 aromatic carbocycles. The van der Waals surface area contributed by atoms with Crippen LogP contribution in [0.3, 0.4) is 0 Å². The highest BCUT2D eigenvalue weighted by molar-refractivity contribution is 5.94. The van der Waals surface area contributed by atoms with Crippen molar-refractivity contribution in [3.8, 4) is 0 Å². The zero-order valence-corrected chi connectivity index (χ0v) is 17.9. The van der Waals surface area contributed by atoms with Gasteiger partial charge in [-0.25, -0.2) is 0 Å². The Morgan fingerprint density at radius 1 is 0.969 bits per heavy atom. The van der Waals surface area contributed by atoms with E-state index in [1.54, 1.807) is 29.0 Å². The minimum Gasteiger partial charge on any atom is -0.330 e. The number of aryl methyl sites for hydroxylation is 2. The summed E-state index contributed by atoms with van der Waals surface area (Å²) in [6, 6.07) is 19.8. The lowest BCUT2D eigenvalue weighted by atomic mass is 10.0. The monoisotopic (exact) mass is 422 g/mol. The average molecular weight is 422 g/mol. The molecule has 32 heavy (non-hydrogen) atoms. The van der Waals surface area contributed by atoms with Crippen molar-refractivity contribution in [1.82, 2.24) is 29.9 Å². The molecular weight excluding hydrogens is 400 g/mol. The van der Waals surface area contributed by atoms with Crippen molar-refractivity contribution in [2.24, 2.45) is 0 Å². The summed E-state index contributed by atoms with van der Waals surface area (Å²) in [4.78, 5) is 19.3. The van der Waals surface area contributed by atoms with E-state index in [0.29, 0.717) is 24.3 Å². The molecule has 3 heterocycles. The Bertz CT molecular complexity index is 1410. The number of rotatable bonds is 5. The predicted octanol–water partition coefficient (Wildman–Crippen LogP) is 4.13. The lowest BCUT2D eigenvalue weighted by molar-refractivity contribution is 0.0730. The number of hydrogen-bond acceptors (Lipinski definition) is 5. The first-order valence-corrected chi connectivity index (χ1v) is 10.4. The smallest absolute Gasteiger partial charge is 0.256 e. The fourth-order valence-corrected chi connectivity index (χ4v) is 3.92. The van der Waals surface area contributed by atoms with Crippen LogP contribution in [0.2, 0.25) is 0 Å². The zero-order chi connectivity index (χ0) is 22.1. The third-order valence-electron chi connectivity index (χ3n) is 5.73. The Kier molecular flexibility index (Phi) is 5.07. The molecule has 1 amide bonds. The highest BCUT2D eigenvalue weighted by atomic mass is 16.2. The molecule has 0 fully saturated rings. The lowest BCUT2D eigenvalue weighted by Crippen LogP contribution is -2.30. The molecule has 7 heteroatoms. The molecule has 0 bridgehead atoms. The predicted molar refractivity (Wildman–Crippen MR) is 122 cm³/mol. The van der Waals surface area contributed by atoms with Gasteiger partial charge in [0.05, 0.1) is 17.6 Å². The Balaban J connectivity index is 1.60. The summed E-state index contributed by atoms with van der Waals surface area (Å²) in [6.45, 7) is 5.00. The third kappa shape index (κ3) is 3.69. The van der Waals surface area contributed by atoms with Gasteiger partial charge in [-0.05, 0) is 71.3 Å². The number of hydrogen-bond donors (Lipinski definition) is 0. The molecule has 0 atom stereocenters. The standard InChI is InChI=1S/C25H22N6O/c1-17-11-21-13-22(24-27-28-29-31(24)23(21)12-18(17)2)16-30(15-19-7-4-3-5-8-19)25(32)20-9-6-10-26-14-20/h3-14H,15-16H2,1-2H3. The minimum atomic E-state index is -0.0900. The quantitative estimate of drug-likeness (QED) is 0.426. The topological polar surface area (TPSA) is 76.3 Å². The summed E-state index contributed by atoms with van der Waals surface area (Å²) in [6.07, 6.45) is 3.26. The number of nitrogens with zero attached hydrogens (tertiary/aromatic N) is 6. The SMILES string of the molecule is Cc1cc2cc(CN(Cc3ccccc3)C(=O)c3cccnc3)c3nnnn3c2cc1C. The first kappa shape index (κ1) is 19.8. The van der Waals surface area contributed by atoms with Gasteiger partial charge in [0, 0.05) is 29.9 Å². The third-order valence-corrected chi connectivity index (χ3v) is 5.73. The number of amides is 1. The maximum Gasteiger partial charge on any atom is 0.256 e. The fraction of sp³-hybridized carbons (Fsp3) is 0.160. The molecule has 0 unspecified atom stereocenters. The highest BCUT2D eigenvalue weighted by Crippen LogP contribution is 2.24. The second-order valence-electron chi connectivity index (χ2n) is 7.97. The van der Waals surface area contributed by atoms with Crippen LogP contribution >= 0.6 is 0 Å². The van der Waals surface area contributed by atoms with Crippen molar-refractivity contribution in [3.05, 3.63) is 101 Å². The van der Waals surface area contributed by atoms with Gasteiger partial charge < -0.3 is 4.90 Å². The van der Waals surface area contributed by atoms with Crippen molar-refractivity contribution < 1.29 is 4.79 Å². The van der Waals surface area contributed by atoms with Gasteiger partial charge in [0.1, 0.15) is 0 Å². The van der Waals surface area contributed by atoms with Gasteiger partial charge in [-0.15, -0.1) is 5.10 Å². The van der Waals surface area contributed by atoms with Gasteiger partial charge in [0.25, 0.3) is 5.91 Å². The molecule has 0 N–H and O–H groups in total. The molecule has 3 aromatic heterocycles. The zero-order valence-electron chi connectivity index (χ0n) is 17.9. The van der Waals surface area contributed by atoms with Crippen LogP contribution in [-0.4, -0.2) is 35.8 Å². The Morgan fingerprint density at radius 3 is 2.56 bits per heavy atom. The van der Waals surface area contributed by atoms with Crippen LogP contribution in [0.5, 0.6) is 0 Å². The van der Waals surface area contributed by atoms with Crippen molar-refractivity contribution in [3.63, 3.8) is 0 Å². The molecule has 0 spiro atoms. The number of aromatic nitrogens is 5. The summed E-state index contributed by atoms with van der Waals surface area (Å²) < 4.78 is 1.76. The summed E-state index contributed by atoms with van der Waals surface area (Å²) in [7, 11) is 0. The van der Waals surface area contributed by atoms with Crippen molar-refractivity contribution in [1.29, 1.82) is 0 Å². The van der Waals surface area contributed by atoms with Crippen LogP contribution in [0, 0.1) is 13.8 Å². The van der Waals surface area contributed by atoms with Crippen LogP contribution in [0.25, 0.3) is 16.6 Å². The van der Waals surface area contributed by atoms with Crippen LogP contribution < -0.4 is 0 Å². The number of pyridine rings is 2. The maximum atomic E-state index is 13.4. The van der Waals surface area contributed by atoms with Crippen LogP contribution in [0.1, 0.15) is 32.6 Å². The molecule has 0 radical (unpaired) electrons. The van der Waals surface area contributed by atoms with Crippen LogP contribution in [0.4, 0.5) is 0 Å². The average Bonchev–Trinajstić information content (AvgIpc) is 3.31. The number of carbonyl (C=O) groups is 1. The highest BCUT2D eigenvalue weighted by Gasteiger charge is 2.20. The Hall–Kier alpha value is -4.13. The molecule has 5 rings (SSSR count). The normalized spacial score (nSPS) is 11.2. The number of carbonyl (C=O) groups excluding carboxylic acids is 1. The molecule has 0 saturated carbocycles. The molecule has 0 aliphatic carbocycles. The van der Waals surface area contributed by atoms with Crippen molar-refractivity contribution in [2.75, 3.05) is 0 Å². The summed E-state index contributed by atoms with van der Waals surface area (Å²) in [5, 5.41) is 13.4. The Morgan fingerprint density at radius 2 is 1.78 bits per heavy atom. The number of benzene rings is 2. The maximum absolute atomic E-state index is 13.4. The van der Waals surface area contributed by atoms with E-state index in [1.165, 1.54) is 11.1 Å². The van der Waals surface area contributed by atoms with E-state index in [9.17, 15) is 4.79 Å². The second-order valence-corrected chi connectivity index (χ2v) is 7.97. The van der Waals surface area contributed by atoms with Gasteiger partial charge in [0.2, 0.25) is 0 Å². The van der Waals surface area contributed by atoms with Crippen LogP contribution in [-0.2, 0) is 13.1 Å². The van der Waals surface area contributed by atoms with E-state index in [2.05, 4.69) is 52.6 Å². The van der Waals surface area contributed by atoms with E-state index in [4.69, 9.17) is 0 Å².